The predicted octanol–water partition coefficient (Wildman–Crippen LogP) is 0.899. The largest absolute Gasteiger partial charge is 0.390 e. The number of carbonyl (C=O) groups excluding carboxylic acids is 1. The molecule has 0 saturated heterocycles. The summed E-state index contributed by atoms with van der Waals surface area (Å²) in [4.78, 5) is 10.8. The lowest BCUT2D eigenvalue weighted by atomic mass is 9.96. The smallest absolute Gasteiger partial charge is 0.216 e. The Morgan fingerprint density at radius 3 is 2.29 bits per heavy atom. The standard InChI is InChI=1S/C15H23NO5/c1-10(17)16-9-8-13(18)14(19)11-6-4-5-7-12(11)15(20-2)21-3/h4-7,13-15,18-19H,8-9H2,1-3H3,(H,16,17). The Bertz CT molecular complexity index is 447. The van der Waals surface area contributed by atoms with Crippen molar-refractivity contribution in [2.45, 2.75) is 31.8 Å². The number of rotatable bonds is 8. The summed E-state index contributed by atoms with van der Waals surface area (Å²) in [5.74, 6) is -0.170. The number of amides is 1. The summed E-state index contributed by atoms with van der Waals surface area (Å²) in [6, 6.07) is 7.06. The normalized spacial score (nSPS) is 14.0. The van der Waals surface area contributed by atoms with Crippen molar-refractivity contribution in [1.29, 1.82) is 0 Å². The van der Waals surface area contributed by atoms with Gasteiger partial charge in [-0.25, -0.2) is 0 Å². The van der Waals surface area contributed by atoms with Crippen LogP contribution < -0.4 is 5.32 Å². The highest BCUT2D eigenvalue weighted by Crippen LogP contribution is 2.28. The molecular formula is C15H23NO5. The van der Waals surface area contributed by atoms with Gasteiger partial charge in [-0.1, -0.05) is 24.3 Å². The summed E-state index contributed by atoms with van der Waals surface area (Å²) in [7, 11) is 3.01. The van der Waals surface area contributed by atoms with Crippen LogP contribution in [0.15, 0.2) is 24.3 Å². The van der Waals surface area contributed by atoms with E-state index in [1.807, 2.05) is 0 Å². The molecule has 2 unspecified atom stereocenters. The molecule has 1 aromatic carbocycles. The lowest BCUT2D eigenvalue weighted by Crippen LogP contribution is -2.28. The fraction of sp³-hybridized carbons (Fsp3) is 0.533. The van der Waals surface area contributed by atoms with Gasteiger partial charge in [0.1, 0.15) is 6.10 Å². The molecule has 21 heavy (non-hydrogen) atoms. The molecule has 0 saturated carbocycles. The number of hydrogen-bond acceptors (Lipinski definition) is 5. The van der Waals surface area contributed by atoms with Gasteiger partial charge in [-0.2, -0.15) is 0 Å². The van der Waals surface area contributed by atoms with E-state index in [4.69, 9.17) is 9.47 Å². The van der Waals surface area contributed by atoms with Crippen molar-refractivity contribution in [2.75, 3.05) is 20.8 Å². The third-order valence-corrected chi connectivity index (χ3v) is 3.18. The summed E-state index contributed by atoms with van der Waals surface area (Å²) < 4.78 is 10.4. The van der Waals surface area contributed by atoms with E-state index in [0.29, 0.717) is 17.7 Å². The van der Waals surface area contributed by atoms with Crippen LogP contribution in [0.1, 0.15) is 36.9 Å². The van der Waals surface area contributed by atoms with Crippen LogP contribution in [-0.4, -0.2) is 43.0 Å². The molecule has 2 atom stereocenters. The van der Waals surface area contributed by atoms with E-state index in [1.165, 1.54) is 21.1 Å². The molecular weight excluding hydrogens is 274 g/mol. The maximum Gasteiger partial charge on any atom is 0.216 e. The third-order valence-electron chi connectivity index (χ3n) is 3.18. The minimum Gasteiger partial charge on any atom is -0.390 e. The van der Waals surface area contributed by atoms with Crippen molar-refractivity contribution < 1.29 is 24.5 Å². The lowest BCUT2D eigenvalue weighted by molar-refractivity contribution is -0.119. The van der Waals surface area contributed by atoms with Crippen LogP contribution in [-0.2, 0) is 14.3 Å². The second-order valence-electron chi connectivity index (χ2n) is 4.72. The second-order valence-corrected chi connectivity index (χ2v) is 4.72. The van der Waals surface area contributed by atoms with Gasteiger partial charge in [0, 0.05) is 33.3 Å². The van der Waals surface area contributed by atoms with E-state index in [9.17, 15) is 15.0 Å². The molecule has 118 valence electrons. The maximum absolute atomic E-state index is 10.8. The first-order valence-electron chi connectivity index (χ1n) is 6.76. The van der Waals surface area contributed by atoms with Crippen molar-refractivity contribution in [1.82, 2.24) is 5.32 Å². The van der Waals surface area contributed by atoms with Crippen LogP contribution in [0.4, 0.5) is 0 Å². The summed E-state index contributed by atoms with van der Waals surface area (Å²) >= 11 is 0. The van der Waals surface area contributed by atoms with Crippen molar-refractivity contribution in [3.05, 3.63) is 35.4 Å². The summed E-state index contributed by atoms with van der Waals surface area (Å²) in [6.45, 7) is 1.70. The number of carbonyl (C=O) groups is 1. The Morgan fingerprint density at radius 2 is 1.76 bits per heavy atom. The van der Waals surface area contributed by atoms with Gasteiger partial charge < -0.3 is 25.0 Å². The topological polar surface area (TPSA) is 88.0 Å². The zero-order chi connectivity index (χ0) is 15.8. The first-order valence-corrected chi connectivity index (χ1v) is 6.76. The Labute approximate surface area is 124 Å². The van der Waals surface area contributed by atoms with Crippen LogP contribution in [0.2, 0.25) is 0 Å². The van der Waals surface area contributed by atoms with Crippen molar-refractivity contribution in [3.8, 4) is 0 Å². The average Bonchev–Trinajstić information content (AvgIpc) is 2.48. The highest BCUT2D eigenvalue weighted by Gasteiger charge is 2.24. The van der Waals surface area contributed by atoms with E-state index in [1.54, 1.807) is 24.3 Å². The minimum absolute atomic E-state index is 0.170. The number of aliphatic hydroxyl groups is 2. The Balaban J connectivity index is 2.81. The molecule has 6 nitrogen and oxygen atoms in total. The van der Waals surface area contributed by atoms with Gasteiger partial charge in [0.05, 0.1) is 6.10 Å². The molecule has 0 spiro atoms. The van der Waals surface area contributed by atoms with Gasteiger partial charge in [0.25, 0.3) is 0 Å². The summed E-state index contributed by atoms with van der Waals surface area (Å²) in [6.07, 6.45) is -2.44. The van der Waals surface area contributed by atoms with Gasteiger partial charge in [-0.15, -0.1) is 0 Å². The average molecular weight is 297 g/mol. The van der Waals surface area contributed by atoms with Gasteiger partial charge >= 0.3 is 0 Å². The number of ether oxygens (including phenoxy) is 2. The molecule has 0 heterocycles. The highest BCUT2D eigenvalue weighted by molar-refractivity contribution is 5.72. The number of hydrogen-bond donors (Lipinski definition) is 3. The zero-order valence-corrected chi connectivity index (χ0v) is 12.6. The van der Waals surface area contributed by atoms with Crippen molar-refractivity contribution in [2.24, 2.45) is 0 Å². The van der Waals surface area contributed by atoms with E-state index in [-0.39, 0.29) is 12.3 Å². The van der Waals surface area contributed by atoms with Gasteiger partial charge in [0.15, 0.2) is 6.29 Å². The molecule has 6 heteroatoms. The van der Waals surface area contributed by atoms with Crippen LogP contribution >= 0.6 is 0 Å². The van der Waals surface area contributed by atoms with E-state index in [2.05, 4.69) is 5.32 Å². The number of methoxy groups -OCH3 is 2. The second kappa shape index (κ2) is 8.74. The molecule has 3 N–H and O–H groups in total. The lowest BCUT2D eigenvalue weighted by Gasteiger charge is -2.23. The zero-order valence-electron chi connectivity index (χ0n) is 12.6. The molecule has 1 amide bonds. The van der Waals surface area contributed by atoms with E-state index in [0.717, 1.165) is 0 Å². The molecule has 0 bridgehead atoms. The molecule has 0 aromatic heterocycles. The fourth-order valence-corrected chi connectivity index (χ4v) is 2.11. The molecule has 0 radical (unpaired) electrons. The quantitative estimate of drug-likeness (QED) is 0.620. The molecule has 1 rings (SSSR count). The Hall–Kier alpha value is -1.47. The Kier molecular flexibility index (Phi) is 7.31. The van der Waals surface area contributed by atoms with Crippen LogP contribution in [0.25, 0.3) is 0 Å². The van der Waals surface area contributed by atoms with Gasteiger partial charge in [-0.3, -0.25) is 4.79 Å². The predicted molar refractivity (Wildman–Crippen MR) is 77.5 cm³/mol. The highest BCUT2D eigenvalue weighted by atomic mass is 16.7. The number of aliphatic hydroxyl groups excluding tert-OH is 2. The maximum atomic E-state index is 10.8. The van der Waals surface area contributed by atoms with E-state index < -0.39 is 18.5 Å². The Morgan fingerprint density at radius 1 is 1.19 bits per heavy atom. The summed E-state index contributed by atoms with van der Waals surface area (Å²) in [5.41, 5.74) is 1.20. The van der Waals surface area contributed by atoms with Crippen LogP contribution in [0, 0.1) is 0 Å². The van der Waals surface area contributed by atoms with Crippen molar-refractivity contribution in [3.63, 3.8) is 0 Å². The molecule has 0 fully saturated rings. The van der Waals surface area contributed by atoms with E-state index >= 15 is 0 Å². The van der Waals surface area contributed by atoms with Crippen LogP contribution in [0.5, 0.6) is 0 Å². The SMILES string of the molecule is COC(OC)c1ccccc1C(O)C(O)CCNC(C)=O. The molecule has 0 aliphatic rings. The number of benzene rings is 1. The molecule has 0 aliphatic heterocycles. The summed E-state index contributed by atoms with van der Waals surface area (Å²) in [5, 5.41) is 22.9. The third kappa shape index (κ3) is 5.09. The monoisotopic (exact) mass is 297 g/mol. The minimum atomic E-state index is -1.08. The first kappa shape index (κ1) is 17.6. The molecule has 1 aromatic rings. The number of nitrogens with one attached hydrogen (secondary N) is 1. The van der Waals surface area contributed by atoms with Gasteiger partial charge in [-0.05, 0) is 12.0 Å². The molecule has 0 aliphatic carbocycles. The first-order chi connectivity index (χ1) is 10.0. The van der Waals surface area contributed by atoms with Crippen molar-refractivity contribution >= 4 is 5.91 Å². The van der Waals surface area contributed by atoms with Gasteiger partial charge in [0.2, 0.25) is 5.91 Å². The fourth-order valence-electron chi connectivity index (χ4n) is 2.11. The van der Waals surface area contributed by atoms with Crippen LogP contribution in [0.3, 0.4) is 0 Å².